The number of para-hydroxylation sites is 1. The fourth-order valence-corrected chi connectivity index (χ4v) is 2.86. The number of benzene rings is 2. The molecule has 0 aliphatic heterocycles. The zero-order chi connectivity index (χ0) is 18.7. The summed E-state index contributed by atoms with van der Waals surface area (Å²) in [5.41, 5.74) is 0.181. The molecule has 0 unspecified atom stereocenters. The van der Waals surface area contributed by atoms with Crippen molar-refractivity contribution in [1.29, 1.82) is 0 Å². The van der Waals surface area contributed by atoms with E-state index in [4.69, 9.17) is 0 Å². The molecule has 1 aromatic heterocycles. The van der Waals surface area contributed by atoms with Crippen molar-refractivity contribution < 1.29 is 9.18 Å². The highest BCUT2D eigenvalue weighted by molar-refractivity contribution is 5.78. The lowest BCUT2D eigenvalue weighted by molar-refractivity contribution is -0.130. The molecule has 6 nitrogen and oxygen atoms in total. The number of hydrogen-bond donors (Lipinski definition) is 1. The number of amides is 1. The zero-order valence-electron chi connectivity index (χ0n) is 14.2. The molecule has 7 heteroatoms. The lowest BCUT2D eigenvalue weighted by Crippen LogP contribution is -2.33. The van der Waals surface area contributed by atoms with Gasteiger partial charge in [0.05, 0.1) is 10.9 Å². The normalized spacial score (nSPS) is 10.8. The Labute approximate surface area is 148 Å². The number of hydrogen-bond acceptors (Lipinski definition) is 3. The molecule has 0 saturated heterocycles. The molecule has 3 rings (SSSR count). The molecular weight excluding hydrogens is 337 g/mol. The molecule has 0 saturated carbocycles. The van der Waals surface area contributed by atoms with Gasteiger partial charge in [0.15, 0.2) is 0 Å². The Morgan fingerprint density at radius 3 is 2.69 bits per heavy atom. The second kappa shape index (κ2) is 7.35. The van der Waals surface area contributed by atoms with Gasteiger partial charge in [-0.05, 0) is 29.8 Å². The van der Waals surface area contributed by atoms with E-state index in [1.165, 1.54) is 21.6 Å². The van der Waals surface area contributed by atoms with Crippen molar-refractivity contribution in [3.8, 4) is 0 Å². The van der Waals surface area contributed by atoms with Gasteiger partial charge >= 0.3 is 5.69 Å². The molecule has 0 atom stereocenters. The third-order valence-electron chi connectivity index (χ3n) is 4.19. The lowest BCUT2D eigenvalue weighted by Gasteiger charge is -2.18. The number of aryl methyl sites for hydroxylation is 1. The number of aromatic nitrogens is 2. The second-order valence-corrected chi connectivity index (χ2v) is 6.06. The van der Waals surface area contributed by atoms with Crippen LogP contribution in [0.2, 0.25) is 0 Å². The molecule has 0 aliphatic rings. The summed E-state index contributed by atoms with van der Waals surface area (Å²) in [5.74, 6) is -0.536. The number of halogens is 1. The Kier molecular flexibility index (Phi) is 4.97. The Bertz CT molecular complexity index is 1070. The number of nitrogens with one attached hydrogen (secondary N) is 1. The average Bonchev–Trinajstić information content (AvgIpc) is 2.61. The van der Waals surface area contributed by atoms with Crippen LogP contribution < -0.4 is 11.2 Å². The van der Waals surface area contributed by atoms with Gasteiger partial charge in [-0.1, -0.05) is 24.3 Å². The van der Waals surface area contributed by atoms with Crippen LogP contribution in [0.4, 0.5) is 4.39 Å². The molecule has 0 fully saturated rings. The summed E-state index contributed by atoms with van der Waals surface area (Å²) >= 11 is 0. The average molecular weight is 355 g/mol. The molecule has 2 aromatic carbocycles. The predicted octanol–water partition coefficient (Wildman–Crippen LogP) is 1.88. The summed E-state index contributed by atoms with van der Waals surface area (Å²) in [6.07, 6.45) is 0.0851. The standard InChI is InChI=1S/C19H18FN3O3/c1-22(12-13-5-4-6-14(20)11-13)17(24)9-10-23-16-8-3-2-7-15(16)18(25)21-19(23)26/h2-8,11H,9-10,12H2,1H3,(H,21,25,26). The number of nitrogens with zero attached hydrogens (tertiary/aromatic N) is 2. The molecule has 0 bridgehead atoms. The van der Waals surface area contributed by atoms with E-state index in [1.807, 2.05) is 0 Å². The van der Waals surface area contributed by atoms with Gasteiger partial charge in [0.1, 0.15) is 5.82 Å². The Hall–Kier alpha value is -3.22. The molecule has 1 amide bonds. The van der Waals surface area contributed by atoms with E-state index in [2.05, 4.69) is 4.98 Å². The van der Waals surface area contributed by atoms with E-state index < -0.39 is 11.2 Å². The van der Waals surface area contributed by atoms with Gasteiger partial charge in [-0.25, -0.2) is 9.18 Å². The zero-order valence-corrected chi connectivity index (χ0v) is 14.2. The minimum Gasteiger partial charge on any atom is -0.341 e. The molecule has 1 heterocycles. The maximum absolute atomic E-state index is 13.2. The van der Waals surface area contributed by atoms with Crippen LogP contribution in [0, 0.1) is 5.82 Å². The van der Waals surface area contributed by atoms with Crippen LogP contribution in [0.1, 0.15) is 12.0 Å². The highest BCUT2D eigenvalue weighted by Crippen LogP contribution is 2.09. The smallest absolute Gasteiger partial charge is 0.328 e. The summed E-state index contributed by atoms with van der Waals surface area (Å²) in [6.45, 7) is 0.417. The van der Waals surface area contributed by atoms with Gasteiger partial charge in [0.2, 0.25) is 5.91 Å². The summed E-state index contributed by atoms with van der Waals surface area (Å²) in [4.78, 5) is 40.1. The van der Waals surface area contributed by atoms with Crippen molar-refractivity contribution in [2.45, 2.75) is 19.5 Å². The van der Waals surface area contributed by atoms with Crippen LogP contribution >= 0.6 is 0 Å². The van der Waals surface area contributed by atoms with Gasteiger partial charge in [-0.3, -0.25) is 19.1 Å². The molecule has 0 aliphatic carbocycles. The van der Waals surface area contributed by atoms with Crippen LogP contribution in [0.5, 0.6) is 0 Å². The second-order valence-electron chi connectivity index (χ2n) is 6.06. The number of aromatic amines is 1. The van der Waals surface area contributed by atoms with Crippen molar-refractivity contribution in [1.82, 2.24) is 14.5 Å². The monoisotopic (exact) mass is 355 g/mol. The largest absolute Gasteiger partial charge is 0.341 e. The SMILES string of the molecule is CN(Cc1cccc(F)c1)C(=O)CCn1c(=O)[nH]c(=O)c2ccccc21. The minimum atomic E-state index is -0.547. The van der Waals surface area contributed by atoms with Gasteiger partial charge in [0.25, 0.3) is 5.56 Å². The fraction of sp³-hybridized carbons (Fsp3) is 0.211. The molecule has 3 aromatic rings. The quantitative estimate of drug-likeness (QED) is 0.759. The predicted molar refractivity (Wildman–Crippen MR) is 96.3 cm³/mol. The number of rotatable bonds is 5. The lowest BCUT2D eigenvalue weighted by atomic mass is 10.2. The molecule has 1 N–H and O–H groups in total. The molecular formula is C19H18FN3O3. The third-order valence-corrected chi connectivity index (χ3v) is 4.19. The van der Waals surface area contributed by atoms with Gasteiger partial charge in [0, 0.05) is 26.6 Å². The first kappa shape index (κ1) is 17.6. The van der Waals surface area contributed by atoms with E-state index in [0.29, 0.717) is 16.5 Å². The molecule has 0 radical (unpaired) electrons. The van der Waals surface area contributed by atoms with Crippen LogP contribution in [-0.4, -0.2) is 27.4 Å². The third kappa shape index (κ3) is 3.72. The number of carbonyl (C=O) groups is 1. The summed E-state index contributed by atoms with van der Waals surface area (Å²) in [5, 5.41) is 0.396. The summed E-state index contributed by atoms with van der Waals surface area (Å²) in [7, 11) is 1.63. The first-order valence-corrected chi connectivity index (χ1v) is 8.16. The Morgan fingerprint density at radius 1 is 1.15 bits per heavy atom. The Balaban J connectivity index is 1.75. The van der Waals surface area contributed by atoms with Crippen molar-refractivity contribution in [2.24, 2.45) is 0 Å². The number of carbonyl (C=O) groups excluding carboxylic acids is 1. The first-order valence-electron chi connectivity index (χ1n) is 8.16. The van der Waals surface area contributed by atoms with E-state index in [-0.39, 0.29) is 31.2 Å². The number of fused-ring (bicyclic) bond motifs is 1. The van der Waals surface area contributed by atoms with Crippen LogP contribution in [0.25, 0.3) is 10.9 Å². The first-order chi connectivity index (χ1) is 12.5. The highest BCUT2D eigenvalue weighted by atomic mass is 19.1. The summed E-state index contributed by atoms with van der Waals surface area (Å²) < 4.78 is 14.6. The fourth-order valence-electron chi connectivity index (χ4n) is 2.86. The van der Waals surface area contributed by atoms with Crippen molar-refractivity contribution in [3.63, 3.8) is 0 Å². The minimum absolute atomic E-state index is 0.0851. The van der Waals surface area contributed by atoms with Gasteiger partial charge in [-0.15, -0.1) is 0 Å². The molecule has 0 spiro atoms. The van der Waals surface area contributed by atoms with Crippen LogP contribution in [0.15, 0.2) is 58.1 Å². The molecule has 26 heavy (non-hydrogen) atoms. The van der Waals surface area contributed by atoms with Crippen LogP contribution in [0.3, 0.4) is 0 Å². The number of H-pyrrole nitrogens is 1. The maximum Gasteiger partial charge on any atom is 0.328 e. The van der Waals surface area contributed by atoms with Crippen molar-refractivity contribution in [2.75, 3.05) is 7.05 Å². The van der Waals surface area contributed by atoms with Gasteiger partial charge < -0.3 is 4.90 Å². The molecule has 134 valence electrons. The van der Waals surface area contributed by atoms with Crippen molar-refractivity contribution in [3.05, 3.63) is 80.7 Å². The topological polar surface area (TPSA) is 75.2 Å². The van der Waals surface area contributed by atoms with Gasteiger partial charge in [-0.2, -0.15) is 0 Å². The maximum atomic E-state index is 13.2. The van der Waals surface area contributed by atoms with Crippen molar-refractivity contribution >= 4 is 16.8 Å². The van der Waals surface area contributed by atoms with E-state index in [9.17, 15) is 18.8 Å². The highest BCUT2D eigenvalue weighted by Gasteiger charge is 2.12. The van der Waals surface area contributed by atoms with Crippen LogP contribution in [-0.2, 0) is 17.9 Å². The Morgan fingerprint density at radius 2 is 1.92 bits per heavy atom. The van der Waals surface area contributed by atoms with E-state index in [0.717, 1.165) is 0 Å². The summed E-state index contributed by atoms with van der Waals surface area (Å²) in [6, 6.07) is 12.8. The van der Waals surface area contributed by atoms with E-state index in [1.54, 1.807) is 43.4 Å². The van der Waals surface area contributed by atoms with E-state index >= 15 is 0 Å².